The van der Waals surface area contributed by atoms with Crippen molar-refractivity contribution in [3.8, 4) is 0 Å². The minimum atomic E-state index is -3.59. The highest BCUT2D eigenvalue weighted by molar-refractivity contribution is 7.89. The Morgan fingerprint density at radius 3 is 2.77 bits per heavy atom. The van der Waals surface area contributed by atoms with E-state index in [1.54, 1.807) is 7.11 Å². The number of hydrogen-bond donors (Lipinski definition) is 1. The van der Waals surface area contributed by atoms with Gasteiger partial charge in [0.05, 0.1) is 11.8 Å². The minimum Gasteiger partial charge on any atom is -0.385 e. The highest BCUT2D eigenvalue weighted by Crippen LogP contribution is 2.26. The molecule has 0 aromatic rings. The smallest absolute Gasteiger partial charge is 0.253 e. The van der Waals surface area contributed by atoms with Crippen LogP contribution in [-0.4, -0.2) is 80.6 Å². The van der Waals surface area contributed by atoms with Crippen molar-refractivity contribution in [2.75, 3.05) is 39.1 Å². The van der Waals surface area contributed by atoms with Crippen LogP contribution in [0.3, 0.4) is 0 Å². The highest BCUT2D eigenvalue weighted by Gasteiger charge is 2.45. The summed E-state index contributed by atoms with van der Waals surface area (Å²) in [7, 11) is -2.05. The summed E-state index contributed by atoms with van der Waals surface area (Å²) in [5.74, 6) is -0.445. The van der Waals surface area contributed by atoms with E-state index in [-0.39, 0.29) is 36.1 Å². The van der Waals surface area contributed by atoms with E-state index < -0.39 is 16.1 Å². The highest BCUT2D eigenvalue weighted by atomic mass is 32.2. The Balaban J connectivity index is 1.64. The van der Waals surface area contributed by atoms with Gasteiger partial charge in [-0.3, -0.25) is 14.5 Å². The number of amides is 2. The molecule has 0 unspecified atom stereocenters. The molecule has 2 atom stereocenters. The van der Waals surface area contributed by atoms with Gasteiger partial charge in [-0.15, -0.1) is 0 Å². The van der Waals surface area contributed by atoms with E-state index in [1.807, 2.05) is 17.1 Å². The van der Waals surface area contributed by atoms with Crippen LogP contribution in [0.5, 0.6) is 0 Å². The van der Waals surface area contributed by atoms with E-state index in [0.717, 1.165) is 17.1 Å². The molecule has 0 aromatic carbocycles. The molecule has 8 nitrogen and oxygen atoms in total. The zero-order valence-corrected chi connectivity index (χ0v) is 15.9. The largest absolute Gasteiger partial charge is 0.385 e. The van der Waals surface area contributed by atoms with Gasteiger partial charge in [0.1, 0.15) is 0 Å². The number of carbonyl (C=O) groups is 2. The molecule has 26 heavy (non-hydrogen) atoms. The summed E-state index contributed by atoms with van der Waals surface area (Å²) < 4.78 is 30.8. The lowest BCUT2D eigenvalue weighted by Crippen LogP contribution is -2.45. The molecule has 2 aliphatic heterocycles. The first-order chi connectivity index (χ1) is 12.4. The molecule has 0 spiro atoms. The van der Waals surface area contributed by atoms with Crippen LogP contribution >= 0.6 is 0 Å². The lowest BCUT2D eigenvalue weighted by atomic mass is 10.1. The fourth-order valence-corrected chi connectivity index (χ4v) is 5.40. The van der Waals surface area contributed by atoms with Gasteiger partial charge in [0.2, 0.25) is 15.9 Å². The number of hydrogen-bond acceptors (Lipinski definition) is 6. The summed E-state index contributed by atoms with van der Waals surface area (Å²) in [6.07, 6.45) is 6.48. The standard InChI is InChI=1S/C17H27N3O5S/c1-25-9-4-7-20-17(22)15-11-14(12-19(15)8-10-26(20,23)24)18-16(21)13-5-2-3-6-13/h2-3,13-15H,4-12H2,1H3,(H,18,21)/t14-,15-/m0/s1. The van der Waals surface area contributed by atoms with Crippen LogP contribution in [0, 0.1) is 5.92 Å². The third-order valence-corrected chi connectivity index (χ3v) is 7.07. The first-order valence-electron chi connectivity index (χ1n) is 9.15. The fourth-order valence-electron chi connectivity index (χ4n) is 3.91. The molecule has 0 radical (unpaired) electrons. The van der Waals surface area contributed by atoms with E-state index >= 15 is 0 Å². The summed E-state index contributed by atoms with van der Waals surface area (Å²) >= 11 is 0. The van der Waals surface area contributed by atoms with E-state index in [9.17, 15) is 18.0 Å². The van der Waals surface area contributed by atoms with Gasteiger partial charge in [0.25, 0.3) is 5.91 Å². The van der Waals surface area contributed by atoms with Crippen LogP contribution in [0.2, 0.25) is 0 Å². The van der Waals surface area contributed by atoms with Gasteiger partial charge in [0, 0.05) is 45.3 Å². The number of fused-ring (bicyclic) bond motifs is 1. The van der Waals surface area contributed by atoms with Crippen LogP contribution in [0.1, 0.15) is 25.7 Å². The summed E-state index contributed by atoms with van der Waals surface area (Å²) in [5, 5.41) is 3.05. The molecule has 146 valence electrons. The molecule has 1 N–H and O–H groups in total. The second-order valence-corrected chi connectivity index (χ2v) is 9.18. The van der Waals surface area contributed by atoms with Crippen molar-refractivity contribution in [3.63, 3.8) is 0 Å². The Bertz CT molecular complexity index is 670. The molecule has 9 heteroatoms. The van der Waals surface area contributed by atoms with Gasteiger partial charge >= 0.3 is 0 Å². The number of rotatable bonds is 6. The fraction of sp³-hybridized carbons (Fsp3) is 0.765. The van der Waals surface area contributed by atoms with E-state index in [4.69, 9.17) is 4.74 Å². The number of methoxy groups -OCH3 is 1. The van der Waals surface area contributed by atoms with Crippen molar-refractivity contribution in [1.29, 1.82) is 0 Å². The monoisotopic (exact) mass is 385 g/mol. The zero-order chi connectivity index (χ0) is 18.7. The molecule has 2 saturated heterocycles. The quantitative estimate of drug-likeness (QED) is 0.499. The SMILES string of the molecule is COCCCN1C(=O)[C@@H]2C[C@H](NC(=O)C3CC=CC3)CN2CCS1(=O)=O. The molecule has 0 bridgehead atoms. The third kappa shape index (κ3) is 4.10. The van der Waals surface area contributed by atoms with Crippen molar-refractivity contribution in [1.82, 2.24) is 14.5 Å². The van der Waals surface area contributed by atoms with Crippen molar-refractivity contribution in [3.05, 3.63) is 12.2 Å². The van der Waals surface area contributed by atoms with Gasteiger partial charge in [-0.05, 0) is 25.7 Å². The summed E-state index contributed by atoms with van der Waals surface area (Å²) in [6.45, 7) is 1.38. The number of nitrogens with zero attached hydrogens (tertiary/aromatic N) is 2. The molecule has 2 heterocycles. The molecular weight excluding hydrogens is 358 g/mol. The molecule has 3 rings (SSSR count). The van der Waals surface area contributed by atoms with Crippen molar-refractivity contribution >= 4 is 21.8 Å². The number of nitrogens with one attached hydrogen (secondary N) is 1. The maximum absolute atomic E-state index is 12.9. The number of allylic oxidation sites excluding steroid dienone is 2. The van der Waals surface area contributed by atoms with Gasteiger partial charge in [-0.2, -0.15) is 0 Å². The average Bonchev–Trinajstić information content (AvgIpc) is 3.24. The first kappa shape index (κ1) is 19.3. The van der Waals surface area contributed by atoms with E-state index in [0.29, 0.717) is 32.5 Å². The Hall–Kier alpha value is -1.45. The van der Waals surface area contributed by atoms with Crippen LogP contribution in [-0.2, 0) is 24.3 Å². The van der Waals surface area contributed by atoms with E-state index in [2.05, 4.69) is 5.32 Å². The first-order valence-corrected chi connectivity index (χ1v) is 10.8. The van der Waals surface area contributed by atoms with Crippen molar-refractivity contribution < 1.29 is 22.7 Å². The van der Waals surface area contributed by atoms with Crippen LogP contribution < -0.4 is 5.32 Å². The predicted molar refractivity (Wildman–Crippen MR) is 95.8 cm³/mol. The lowest BCUT2D eigenvalue weighted by molar-refractivity contribution is -0.131. The molecule has 3 aliphatic rings. The average molecular weight is 385 g/mol. The van der Waals surface area contributed by atoms with Crippen LogP contribution in [0.4, 0.5) is 0 Å². The number of ether oxygens (including phenoxy) is 1. The molecule has 0 saturated carbocycles. The summed E-state index contributed by atoms with van der Waals surface area (Å²) in [4.78, 5) is 27.1. The van der Waals surface area contributed by atoms with Crippen LogP contribution in [0.25, 0.3) is 0 Å². The molecule has 2 amide bonds. The predicted octanol–water partition coefficient (Wildman–Crippen LogP) is -0.280. The maximum Gasteiger partial charge on any atom is 0.253 e. The normalized spacial score (nSPS) is 29.0. The van der Waals surface area contributed by atoms with Gasteiger partial charge in [-0.1, -0.05) is 12.2 Å². The molecule has 2 fully saturated rings. The third-order valence-electron chi connectivity index (χ3n) is 5.34. The van der Waals surface area contributed by atoms with E-state index in [1.165, 1.54) is 0 Å². The maximum atomic E-state index is 12.9. The Morgan fingerprint density at radius 2 is 2.08 bits per heavy atom. The van der Waals surface area contributed by atoms with Gasteiger partial charge in [0.15, 0.2) is 0 Å². The van der Waals surface area contributed by atoms with Crippen molar-refractivity contribution in [2.24, 2.45) is 5.92 Å². The molecule has 0 aromatic heterocycles. The summed E-state index contributed by atoms with van der Waals surface area (Å²) in [5.41, 5.74) is 0. The van der Waals surface area contributed by atoms with Gasteiger partial charge < -0.3 is 10.1 Å². The Labute approximate surface area is 154 Å². The topological polar surface area (TPSA) is 96.0 Å². The summed E-state index contributed by atoms with van der Waals surface area (Å²) in [6, 6.07) is -0.597. The zero-order valence-electron chi connectivity index (χ0n) is 15.1. The van der Waals surface area contributed by atoms with Gasteiger partial charge in [-0.25, -0.2) is 12.7 Å². The number of carbonyl (C=O) groups excluding carboxylic acids is 2. The van der Waals surface area contributed by atoms with Crippen molar-refractivity contribution in [2.45, 2.75) is 37.8 Å². The van der Waals surface area contributed by atoms with Crippen LogP contribution in [0.15, 0.2) is 12.2 Å². The Morgan fingerprint density at radius 1 is 1.35 bits per heavy atom. The second kappa shape index (κ2) is 8.06. The Kier molecular flexibility index (Phi) is 5.99. The minimum absolute atomic E-state index is 0.0166. The molecular formula is C17H27N3O5S. The number of sulfonamides is 1. The lowest BCUT2D eigenvalue weighted by Gasteiger charge is -2.23. The second-order valence-electron chi connectivity index (χ2n) is 7.16. The molecule has 1 aliphatic carbocycles.